The number of likely N-dealkylation sites (tertiary alicyclic amines) is 1. The van der Waals surface area contributed by atoms with Gasteiger partial charge in [-0.25, -0.2) is 4.39 Å². The minimum absolute atomic E-state index is 0. The van der Waals surface area contributed by atoms with E-state index in [0.717, 1.165) is 13.1 Å². The van der Waals surface area contributed by atoms with Crippen LogP contribution in [0.2, 0.25) is 0 Å². The second kappa shape index (κ2) is 7.75. The predicted molar refractivity (Wildman–Crippen MR) is 87.1 cm³/mol. The maximum atomic E-state index is 13.7. The summed E-state index contributed by atoms with van der Waals surface area (Å²) in [5.41, 5.74) is 0.116. The summed E-state index contributed by atoms with van der Waals surface area (Å²) >= 11 is 0. The summed E-state index contributed by atoms with van der Waals surface area (Å²) in [6, 6.07) is 6.15. The van der Waals surface area contributed by atoms with E-state index < -0.39 is 5.82 Å². The van der Waals surface area contributed by atoms with E-state index in [4.69, 9.17) is 0 Å². The number of nitrogens with one attached hydrogen (secondary N) is 2. The van der Waals surface area contributed by atoms with Crippen LogP contribution >= 0.6 is 12.4 Å². The van der Waals surface area contributed by atoms with Crippen LogP contribution < -0.4 is 10.6 Å². The first kappa shape index (κ1) is 17.7. The minimum Gasteiger partial charge on any atom is -0.353 e. The van der Waals surface area contributed by atoms with Gasteiger partial charge in [0.2, 0.25) is 5.91 Å². The number of carbonyl (C=O) groups excluding carboxylic acids is 2. The van der Waals surface area contributed by atoms with Gasteiger partial charge in [0.15, 0.2) is 0 Å². The fraction of sp³-hybridized carbons (Fsp3) is 0.500. The van der Waals surface area contributed by atoms with Crippen molar-refractivity contribution in [2.24, 2.45) is 5.92 Å². The first-order valence-corrected chi connectivity index (χ1v) is 7.70. The van der Waals surface area contributed by atoms with Gasteiger partial charge in [-0.2, -0.15) is 0 Å². The molecule has 126 valence electrons. The molecule has 1 aromatic rings. The number of hydrogen-bond acceptors (Lipinski definition) is 3. The van der Waals surface area contributed by atoms with Crippen LogP contribution in [-0.2, 0) is 4.79 Å². The van der Waals surface area contributed by atoms with Gasteiger partial charge >= 0.3 is 0 Å². The molecule has 0 bridgehead atoms. The van der Waals surface area contributed by atoms with Gasteiger partial charge in [0.05, 0.1) is 11.5 Å². The highest BCUT2D eigenvalue weighted by molar-refractivity contribution is 5.94. The Morgan fingerprint density at radius 1 is 1.17 bits per heavy atom. The zero-order chi connectivity index (χ0) is 15.5. The molecule has 0 aromatic heterocycles. The molecule has 5 nitrogen and oxygen atoms in total. The molecule has 2 aliphatic rings. The minimum atomic E-state index is -0.486. The third-order valence-electron chi connectivity index (χ3n) is 4.39. The predicted octanol–water partition coefficient (Wildman–Crippen LogP) is 1.19. The molecule has 2 heterocycles. The largest absolute Gasteiger partial charge is 0.353 e. The summed E-state index contributed by atoms with van der Waals surface area (Å²) in [6.45, 7) is 2.58. The van der Waals surface area contributed by atoms with Crippen molar-refractivity contribution in [2.75, 3.05) is 26.2 Å². The smallest absolute Gasteiger partial charge is 0.256 e. The van der Waals surface area contributed by atoms with E-state index in [0.29, 0.717) is 25.9 Å². The van der Waals surface area contributed by atoms with E-state index in [1.54, 1.807) is 17.0 Å². The standard InChI is InChI=1S/C16H20FN3O2.ClH/c17-14-4-2-1-3-13(14)16(22)20-7-5-12(6-8-20)19-15(21)11-9-18-10-11;/h1-4,11-12,18H,5-10H2,(H,19,21);1H. The molecule has 3 rings (SSSR count). The van der Waals surface area contributed by atoms with Crippen LogP contribution in [-0.4, -0.2) is 48.9 Å². The SMILES string of the molecule is Cl.O=C(NC1CCN(C(=O)c2ccccc2F)CC1)C1CNC1. The van der Waals surface area contributed by atoms with Crippen molar-refractivity contribution in [3.05, 3.63) is 35.6 Å². The van der Waals surface area contributed by atoms with E-state index in [9.17, 15) is 14.0 Å². The van der Waals surface area contributed by atoms with Crippen LogP contribution in [0.1, 0.15) is 23.2 Å². The Kier molecular flexibility index (Phi) is 5.96. The van der Waals surface area contributed by atoms with Gasteiger partial charge in [-0.15, -0.1) is 12.4 Å². The number of carbonyl (C=O) groups is 2. The number of piperidine rings is 1. The van der Waals surface area contributed by atoms with Crippen molar-refractivity contribution < 1.29 is 14.0 Å². The molecule has 0 spiro atoms. The summed E-state index contributed by atoms with van der Waals surface area (Å²) < 4.78 is 13.7. The molecule has 2 N–H and O–H groups in total. The maximum absolute atomic E-state index is 13.7. The number of rotatable bonds is 3. The first-order valence-electron chi connectivity index (χ1n) is 7.70. The van der Waals surface area contributed by atoms with Crippen molar-refractivity contribution in [3.8, 4) is 0 Å². The summed E-state index contributed by atoms with van der Waals surface area (Å²) in [6.07, 6.45) is 1.43. The fourth-order valence-corrected chi connectivity index (χ4v) is 2.83. The molecule has 7 heteroatoms. The molecule has 23 heavy (non-hydrogen) atoms. The molecule has 0 radical (unpaired) electrons. The van der Waals surface area contributed by atoms with Crippen LogP contribution in [0.25, 0.3) is 0 Å². The zero-order valence-corrected chi connectivity index (χ0v) is 13.6. The lowest BCUT2D eigenvalue weighted by atomic mass is 9.99. The normalized spacial score (nSPS) is 18.7. The van der Waals surface area contributed by atoms with E-state index >= 15 is 0 Å². The Hall–Kier alpha value is -1.66. The summed E-state index contributed by atoms with van der Waals surface area (Å²) in [5, 5.41) is 6.12. The van der Waals surface area contributed by atoms with E-state index in [1.807, 2.05) is 0 Å². The number of hydrogen-bond donors (Lipinski definition) is 2. The Morgan fingerprint density at radius 2 is 1.83 bits per heavy atom. The lowest BCUT2D eigenvalue weighted by molar-refractivity contribution is -0.127. The molecule has 1 aromatic carbocycles. The lowest BCUT2D eigenvalue weighted by Crippen LogP contribution is -2.54. The molecule has 2 aliphatic heterocycles. The Balaban J connectivity index is 0.00000192. The third-order valence-corrected chi connectivity index (χ3v) is 4.39. The maximum Gasteiger partial charge on any atom is 0.256 e. The van der Waals surface area contributed by atoms with Crippen LogP contribution in [0.3, 0.4) is 0 Å². The quantitative estimate of drug-likeness (QED) is 0.868. The van der Waals surface area contributed by atoms with Gasteiger partial charge in [0, 0.05) is 32.2 Å². The van der Waals surface area contributed by atoms with Crippen molar-refractivity contribution >= 4 is 24.2 Å². The second-order valence-electron chi connectivity index (χ2n) is 5.91. The summed E-state index contributed by atoms with van der Waals surface area (Å²) in [5.74, 6) is -0.581. The van der Waals surface area contributed by atoms with Crippen molar-refractivity contribution in [1.82, 2.24) is 15.5 Å². The van der Waals surface area contributed by atoms with Gasteiger partial charge in [0.1, 0.15) is 5.82 Å². The molecular weight excluding hydrogens is 321 g/mol. The van der Waals surface area contributed by atoms with E-state index in [-0.39, 0.29) is 41.7 Å². The van der Waals surface area contributed by atoms with E-state index in [1.165, 1.54) is 12.1 Å². The first-order chi connectivity index (χ1) is 10.6. The highest BCUT2D eigenvalue weighted by atomic mass is 35.5. The molecule has 2 saturated heterocycles. The van der Waals surface area contributed by atoms with E-state index in [2.05, 4.69) is 10.6 Å². The second-order valence-corrected chi connectivity index (χ2v) is 5.91. The van der Waals surface area contributed by atoms with Gasteiger partial charge in [-0.1, -0.05) is 12.1 Å². The van der Waals surface area contributed by atoms with Crippen LogP contribution in [0, 0.1) is 11.7 Å². The number of amides is 2. The molecule has 0 unspecified atom stereocenters. The highest BCUT2D eigenvalue weighted by Crippen LogP contribution is 2.16. The van der Waals surface area contributed by atoms with Crippen LogP contribution in [0.4, 0.5) is 4.39 Å². The zero-order valence-electron chi connectivity index (χ0n) is 12.8. The number of halogens is 2. The lowest BCUT2D eigenvalue weighted by Gasteiger charge is -2.34. The summed E-state index contributed by atoms with van der Waals surface area (Å²) in [4.78, 5) is 25.9. The molecule has 0 aliphatic carbocycles. The Labute approximate surface area is 141 Å². The average Bonchev–Trinajstić information content (AvgIpc) is 2.46. The molecule has 0 atom stereocenters. The van der Waals surface area contributed by atoms with Gasteiger partial charge in [-0.05, 0) is 25.0 Å². The number of benzene rings is 1. The molecule has 0 saturated carbocycles. The Morgan fingerprint density at radius 3 is 2.39 bits per heavy atom. The molecule has 2 fully saturated rings. The van der Waals surface area contributed by atoms with Crippen LogP contribution in [0.15, 0.2) is 24.3 Å². The van der Waals surface area contributed by atoms with Crippen molar-refractivity contribution in [2.45, 2.75) is 18.9 Å². The average molecular weight is 342 g/mol. The van der Waals surface area contributed by atoms with Gasteiger partial charge in [-0.3, -0.25) is 9.59 Å². The fourth-order valence-electron chi connectivity index (χ4n) is 2.83. The monoisotopic (exact) mass is 341 g/mol. The van der Waals surface area contributed by atoms with Crippen molar-refractivity contribution in [1.29, 1.82) is 0 Å². The Bertz CT molecular complexity index is 572. The molecular formula is C16H21ClFN3O2. The number of nitrogens with zero attached hydrogens (tertiary/aromatic N) is 1. The topological polar surface area (TPSA) is 61.4 Å². The van der Waals surface area contributed by atoms with Gasteiger partial charge < -0.3 is 15.5 Å². The highest BCUT2D eigenvalue weighted by Gasteiger charge is 2.29. The summed E-state index contributed by atoms with van der Waals surface area (Å²) in [7, 11) is 0. The van der Waals surface area contributed by atoms with Gasteiger partial charge in [0.25, 0.3) is 5.91 Å². The third kappa shape index (κ3) is 4.00. The van der Waals surface area contributed by atoms with Crippen molar-refractivity contribution in [3.63, 3.8) is 0 Å². The molecule has 2 amide bonds. The van der Waals surface area contributed by atoms with Crippen LogP contribution in [0.5, 0.6) is 0 Å².